The van der Waals surface area contributed by atoms with E-state index >= 15 is 0 Å². The fraction of sp³-hybridized carbons (Fsp3) is 0.591. The number of Topliss-reactive ketones (excluding diaryl/α,β-unsaturated/α-hetero) is 1. The van der Waals surface area contributed by atoms with Crippen LogP contribution in [0.1, 0.15) is 64.9 Å². The Morgan fingerprint density at radius 3 is 2.57 bits per heavy atom. The number of carbonyl (C=O) groups is 2. The van der Waals surface area contributed by atoms with Crippen LogP contribution in [-0.2, 0) is 14.3 Å². The quantitative estimate of drug-likeness (QED) is 0.487. The van der Waals surface area contributed by atoms with Crippen molar-refractivity contribution in [3.8, 4) is 0 Å². The van der Waals surface area contributed by atoms with Gasteiger partial charge in [0.15, 0.2) is 5.05 Å². The van der Waals surface area contributed by atoms with Crippen LogP contribution >= 0.6 is 12.2 Å². The summed E-state index contributed by atoms with van der Waals surface area (Å²) in [5.41, 5.74) is -0.243. The number of amides is 1. The minimum atomic E-state index is -0.752. The number of piperidine rings is 1. The maximum absolute atomic E-state index is 14.5. The molecule has 1 fully saturated rings. The third kappa shape index (κ3) is 4.77. The number of rotatable bonds is 7. The smallest absolute Gasteiger partial charge is 0.291 e. The van der Waals surface area contributed by atoms with E-state index in [1.165, 1.54) is 11.0 Å². The van der Waals surface area contributed by atoms with Gasteiger partial charge in [0, 0.05) is 17.9 Å². The van der Waals surface area contributed by atoms with Gasteiger partial charge >= 0.3 is 0 Å². The van der Waals surface area contributed by atoms with E-state index in [4.69, 9.17) is 17.0 Å². The molecule has 28 heavy (non-hydrogen) atoms. The van der Waals surface area contributed by atoms with Gasteiger partial charge in [-0.15, -0.1) is 0 Å². The SMILES string of the molecule is CCCOC(=S)C1C(c2ccccc2F)CCCN1C(=O)C(=O)C(C)(C)CC. The summed E-state index contributed by atoms with van der Waals surface area (Å²) in [4.78, 5) is 27.5. The summed E-state index contributed by atoms with van der Waals surface area (Å²) in [6.07, 6.45) is 2.68. The summed E-state index contributed by atoms with van der Waals surface area (Å²) < 4.78 is 20.2. The monoisotopic (exact) mass is 407 g/mol. The maximum atomic E-state index is 14.5. The standard InChI is InChI=1S/C22H30FNO3S/c1-5-14-27-21(28)18-16(15-10-7-8-12-17(15)23)11-9-13-24(18)20(26)19(25)22(3,4)6-2/h7-8,10,12,16,18H,5-6,9,11,13-14H2,1-4H3. The van der Waals surface area contributed by atoms with Crippen molar-refractivity contribution < 1.29 is 18.7 Å². The van der Waals surface area contributed by atoms with Crippen molar-refractivity contribution in [3.63, 3.8) is 0 Å². The number of carbonyl (C=O) groups excluding carboxylic acids is 2. The van der Waals surface area contributed by atoms with Crippen LogP contribution in [0.3, 0.4) is 0 Å². The van der Waals surface area contributed by atoms with E-state index in [9.17, 15) is 14.0 Å². The molecule has 1 aliphatic heterocycles. The van der Waals surface area contributed by atoms with Crippen LogP contribution in [0, 0.1) is 11.2 Å². The molecule has 1 aromatic carbocycles. The second-order valence-corrected chi connectivity index (χ2v) is 8.35. The molecule has 0 spiro atoms. The van der Waals surface area contributed by atoms with E-state index < -0.39 is 23.1 Å². The molecule has 1 aliphatic rings. The van der Waals surface area contributed by atoms with Gasteiger partial charge in [-0.05, 0) is 49.5 Å². The average Bonchev–Trinajstić information content (AvgIpc) is 2.70. The predicted octanol–water partition coefficient (Wildman–Crippen LogP) is 4.66. The van der Waals surface area contributed by atoms with Gasteiger partial charge in [-0.3, -0.25) is 9.59 Å². The zero-order chi connectivity index (χ0) is 20.9. The molecule has 1 aromatic rings. The van der Waals surface area contributed by atoms with Gasteiger partial charge in [0.25, 0.3) is 5.91 Å². The molecular formula is C22H30FNO3S. The first-order valence-corrected chi connectivity index (χ1v) is 10.4. The number of nitrogens with zero attached hydrogens (tertiary/aromatic N) is 1. The van der Waals surface area contributed by atoms with Crippen LogP contribution in [0.15, 0.2) is 24.3 Å². The third-order valence-corrected chi connectivity index (χ3v) is 5.94. The highest BCUT2D eigenvalue weighted by Crippen LogP contribution is 2.36. The van der Waals surface area contributed by atoms with Crippen LogP contribution in [0.5, 0.6) is 0 Å². The molecular weight excluding hydrogens is 377 g/mol. The molecule has 0 aromatic heterocycles. The Balaban J connectivity index is 2.42. The van der Waals surface area contributed by atoms with Gasteiger partial charge in [0.1, 0.15) is 11.9 Å². The van der Waals surface area contributed by atoms with Gasteiger partial charge in [0.2, 0.25) is 5.78 Å². The minimum Gasteiger partial charge on any atom is -0.485 e. The molecule has 6 heteroatoms. The van der Waals surface area contributed by atoms with E-state index in [-0.39, 0.29) is 16.8 Å². The summed E-state index contributed by atoms with van der Waals surface area (Å²) in [5.74, 6) is -1.65. The molecule has 0 radical (unpaired) electrons. The Hall–Kier alpha value is -1.82. The third-order valence-electron chi connectivity index (χ3n) is 5.58. The molecule has 0 N–H and O–H groups in total. The van der Waals surface area contributed by atoms with Crippen molar-refractivity contribution in [1.29, 1.82) is 0 Å². The normalized spacial score (nSPS) is 20.0. The predicted molar refractivity (Wildman–Crippen MR) is 112 cm³/mol. The molecule has 0 bridgehead atoms. The molecule has 1 amide bonds. The van der Waals surface area contributed by atoms with Crippen molar-refractivity contribution >= 4 is 29.0 Å². The van der Waals surface area contributed by atoms with Crippen molar-refractivity contribution in [2.75, 3.05) is 13.2 Å². The highest BCUT2D eigenvalue weighted by molar-refractivity contribution is 7.80. The van der Waals surface area contributed by atoms with Crippen LogP contribution in [0.4, 0.5) is 4.39 Å². The Labute approximate surface area is 172 Å². The first kappa shape index (κ1) is 22.5. The highest BCUT2D eigenvalue weighted by atomic mass is 32.1. The number of hydrogen-bond acceptors (Lipinski definition) is 4. The Kier molecular flexibility index (Phi) is 7.70. The van der Waals surface area contributed by atoms with Crippen LogP contribution < -0.4 is 0 Å². The number of hydrogen-bond donors (Lipinski definition) is 0. The zero-order valence-electron chi connectivity index (χ0n) is 17.2. The maximum Gasteiger partial charge on any atom is 0.291 e. The van der Waals surface area contributed by atoms with Crippen LogP contribution in [0.25, 0.3) is 0 Å². The molecule has 4 nitrogen and oxygen atoms in total. The lowest BCUT2D eigenvalue weighted by atomic mass is 9.81. The van der Waals surface area contributed by atoms with Gasteiger partial charge in [-0.1, -0.05) is 45.9 Å². The fourth-order valence-corrected chi connectivity index (χ4v) is 3.86. The van der Waals surface area contributed by atoms with Crippen molar-refractivity contribution in [1.82, 2.24) is 4.90 Å². The van der Waals surface area contributed by atoms with Gasteiger partial charge in [-0.2, -0.15) is 0 Å². The summed E-state index contributed by atoms with van der Waals surface area (Å²) in [6.45, 7) is 8.23. The highest BCUT2D eigenvalue weighted by Gasteiger charge is 2.44. The van der Waals surface area contributed by atoms with E-state index in [1.54, 1.807) is 32.0 Å². The largest absolute Gasteiger partial charge is 0.485 e. The Morgan fingerprint density at radius 1 is 1.29 bits per heavy atom. The first-order chi connectivity index (χ1) is 13.2. The summed E-state index contributed by atoms with van der Waals surface area (Å²) >= 11 is 5.51. The number of likely N-dealkylation sites (tertiary alicyclic amines) is 1. The van der Waals surface area contributed by atoms with Gasteiger partial charge < -0.3 is 9.64 Å². The lowest BCUT2D eigenvalue weighted by Gasteiger charge is -2.42. The molecule has 2 rings (SSSR count). The molecule has 1 heterocycles. The summed E-state index contributed by atoms with van der Waals surface area (Å²) in [5, 5.41) is 0.255. The van der Waals surface area contributed by atoms with Crippen LogP contribution in [0.2, 0.25) is 0 Å². The number of ketones is 1. The van der Waals surface area contributed by atoms with Crippen molar-refractivity contribution in [3.05, 3.63) is 35.6 Å². The molecule has 2 atom stereocenters. The number of benzene rings is 1. The van der Waals surface area contributed by atoms with Crippen molar-refractivity contribution in [2.24, 2.45) is 5.41 Å². The topological polar surface area (TPSA) is 46.6 Å². The Morgan fingerprint density at radius 2 is 1.96 bits per heavy atom. The number of ether oxygens (including phenoxy) is 1. The number of halogens is 1. The second-order valence-electron chi connectivity index (χ2n) is 7.95. The molecule has 0 aliphatic carbocycles. The zero-order valence-corrected chi connectivity index (χ0v) is 18.0. The molecule has 0 saturated carbocycles. The van der Waals surface area contributed by atoms with Gasteiger partial charge in [-0.25, -0.2) is 4.39 Å². The van der Waals surface area contributed by atoms with Crippen molar-refractivity contribution in [2.45, 2.75) is 65.3 Å². The van der Waals surface area contributed by atoms with Crippen LogP contribution in [-0.4, -0.2) is 40.8 Å². The summed E-state index contributed by atoms with van der Waals surface area (Å²) in [7, 11) is 0. The second kappa shape index (κ2) is 9.59. The number of thiocarbonyl (C=S) groups is 1. The molecule has 1 saturated heterocycles. The summed E-state index contributed by atoms with van der Waals surface area (Å²) in [6, 6.07) is 5.92. The first-order valence-electron chi connectivity index (χ1n) is 10.0. The van der Waals surface area contributed by atoms with Gasteiger partial charge in [0.05, 0.1) is 6.61 Å². The Bertz CT molecular complexity index is 734. The van der Waals surface area contributed by atoms with E-state index in [0.717, 1.165) is 6.42 Å². The average molecular weight is 408 g/mol. The molecule has 154 valence electrons. The lowest BCUT2D eigenvalue weighted by Crippen LogP contribution is -2.55. The van der Waals surface area contributed by atoms with E-state index in [2.05, 4.69) is 0 Å². The lowest BCUT2D eigenvalue weighted by molar-refractivity contribution is -0.151. The van der Waals surface area contributed by atoms with E-state index in [0.29, 0.717) is 38.0 Å². The fourth-order valence-electron chi connectivity index (χ4n) is 3.48. The minimum absolute atomic E-state index is 0.255. The van der Waals surface area contributed by atoms with E-state index in [1.807, 2.05) is 13.8 Å². The molecule has 2 unspecified atom stereocenters.